The molecule has 3 aliphatic rings. The molecule has 3 saturated heterocycles. The molecule has 3 fully saturated rings. The van der Waals surface area contributed by atoms with Crippen molar-refractivity contribution in [2.24, 2.45) is 11.8 Å². The second-order valence-electron chi connectivity index (χ2n) is 3.88. The fourth-order valence-corrected chi connectivity index (χ4v) is 3.00. The SMILES string of the molecule is [B]1CC2C3CCC(O3)C2C1. The molecule has 0 spiro atoms. The molecule has 1 radical (unpaired) electrons. The normalized spacial score (nSPS) is 56.8. The van der Waals surface area contributed by atoms with E-state index < -0.39 is 0 Å². The molecule has 0 aromatic carbocycles. The van der Waals surface area contributed by atoms with Gasteiger partial charge in [0.15, 0.2) is 0 Å². The third-order valence-corrected chi connectivity index (χ3v) is 3.47. The Morgan fingerprint density at radius 2 is 1.60 bits per heavy atom. The minimum absolute atomic E-state index is 0.661. The lowest BCUT2D eigenvalue weighted by atomic mass is 9.75. The van der Waals surface area contributed by atoms with Gasteiger partial charge < -0.3 is 4.74 Å². The first-order valence-corrected chi connectivity index (χ1v) is 4.42. The van der Waals surface area contributed by atoms with E-state index in [1.165, 1.54) is 25.5 Å². The topological polar surface area (TPSA) is 9.23 Å². The van der Waals surface area contributed by atoms with Crippen LogP contribution in [0.1, 0.15) is 12.8 Å². The zero-order chi connectivity index (χ0) is 6.55. The van der Waals surface area contributed by atoms with E-state index in [1.807, 2.05) is 0 Å². The van der Waals surface area contributed by atoms with Gasteiger partial charge in [-0.25, -0.2) is 0 Å². The summed E-state index contributed by atoms with van der Waals surface area (Å²) < 4.78 is 5.82. The van der Waals surface area contributed by atoms with Crippen LogP contribution in [-0.2, 0) is 4.74 Å². The molecule has 1 nitrogen and oxygen atoms in total. The summed E-state index contributed by atoms with van der Waals surface area (Å²) in [5.41, 5.74) is 0. The van der Waals surface area contributed by atoms with Crippen LogP contribution in [0, 0.1) is 11.8 Å². The maximum absolute atomic E-state index is 5.82. The van der Waals surface area contributed by atoms with E-state index in [-0.39, 0.29) is 0 Å². The predicted molar refractivity (Wildman–Crippen MR) is 40.2 cm³/mol. The minimum Gasteiger partial charge on any atom is -0.374 e. The molecule has 0 aliphatic carbocycles. The first-order chi connectivity index (χ1) is 4.95. The van der Waals surface area contributed by atoms with Crippen LogP contribution >= 0.6 is 0 Å². The Bertz CT molecular complexity index is 143. The van der Waals surface area contributed by atoms with Crippen molar-refractivity contribution in [2.75, 3.05) is 0 Å². The average molecular weight is 135 g/mol. The summed E-state index contributed by atoms with van der Waals surface area (Å²) in [6.07, 6.45) is 6.69. The zero-order valence-electron chi connectivity index (χ0n) is 6.12. The molecule has 2 bridgehead atoms. The summed E-state index contributed by atoms with van der Waals surface area (Å²) >= 11 is 0. The summed E-state index contributed by atoms with van der Waals surface area (Å²) in [6.45, 7) is 0. The van der Waals surface area contributed by atoms with Crippen molar-refractivity contribution in [1.29, 1.82) is 0 Å². The Morgan fingerprint density at radius 3 is 2.20 bits per heavy atom. The van der Waals surface area contributed by atoms with Crippen LogP contribution in [0.3, 0.4) is 0 Å². The number of ether oxygens (including phenoxy) is 1. The summed E-state index contributed by atoms with van der Waals surface area (Å²) in [6, 6.07) is 0. The van der Waals surface area contributed by atoms with Crippen LogP contribution in [0.5, 0.6) is 0 Å². The van der Waals surface area contributed by atoms with Gasteiger partial charge in [0.25, 0.3) is 0 Å². The smallest absolute Gasteiger partial charge is 0.110 e. The van der Waals surface area contributed by atoms with Gasteiger partial charge in [0.1, 0.15) is 7.28 Å². The van der Waals surface area contributed by atoms with Gasteiger partial charge in [0.2, 0.25) is 0 Å². The van der Waals surface area contributed by atoms with Crippen molar-refractivity contribution >= 4 is 7.28 Å². The Labute approximate surface area is 62.4 Å². The van der Waals surface area contributed by atoms with Gasteiger partial charge in [-0.05, 0) is 24.7 Å². The molecule has 4 atom stereocenters. The van der Waals surface area contributed by atoms with Crippen LogP contribution in [0.15, 0.2) is 0 Å². The molecule has 10 heavy (non-hydrogen) atoms. The van der Waals surface area contributed by atoms with Gasteiger partial charge in [-0.3, -0.25) is 0 Å². The van der Waals surface area contributed by atoms with Crippen molar-refractivity contribution in [3.05, 3.63) is 0 Å². The van der Waals surface area contributed by atoms with Crippen molar-refractivity contribution < 1.29 is 4.74 Å². The molecule has 3 rings (SSSR count). The minimum atomic E-state index is 0.661. The van der Waals surface area contributed by atoms with Crippen LogP contribution in [0.2, 0.25) is 12.6 Å². The van der Waals surface area contributed by atoms with E-state index in [4.69, 9.17) is 4.74 Å². The first-order valence-electron chi connectivity index (χ1n) is 4.42. The average Bonchev–Trinajstić information content (AvgIpc) is 2.60. The molecule has 4 unspecified atom stereocenters. The highest BCUT2D eigenvalue weighted by atomic mass is 16.5. The van der Waals surface area contributed by atoms with Gasteiger partial charge in [0, 0.05) is 0 Å². The quantitative estimate of drug-likeness (QED) is 0.455. The number of fused-ring (bicyclic) bond motifs is 5. The van der Waals surface area contributed by atoms with Crippen molar-refractivity contribution in [3.8, 4) is 0 Å². The second-order valence-corrected chi connectivity index (χ2v) is 3.88. The number of hydrogen-bond acceptors (Lipinski definition) is 1. The zero-order valence-corrected chi connectivity index (χ0v) is 6.12. The van der Waals surface area contributed by atoms with Crippen molar-refractivity contribution in [2.45, 2.75) is 37.7 Å². The number of hydrogen-bond donors (Lipinski definition) is 0. The molecule has 3 heterocycles. The van der Waals surface area contributed by atoms with E-state index in [0.29, 0.717) is 12.2 Å². The fraction of sp³-hybridized carbons (Fsp3) is 1.00. The molecule has 0 saturated carbocycles. The third-order valence-electron chi connectivity index (χ3n) is 3.47. The van der Waals surface area contributed by atoms with E-state index in [9.17, 15) is 0 Å². The lowest BCUT2D eigenvalue weighted by Crippen LogP contribution is -2.21. The van der Waals surface area contributed by atoms with Gasteiger partial charge in [-0.15, -0.1) is 0 Å². The standard InChI is InChI=1S/C8H12BO/c1-2-8-6-4-9-3-5(6)7(1)10-8/h5-8H,1-4H2. The van der Waals surface area contributed by atoms with E-state index in [0.717, 1.165) is 11.8 Å². The summed E-state index contributed by atoms with van der Waals surface area (Å²) in [7, 11) is 2.46. The highest BCUT2D eigenvalue weighted by molar-refractivity contribution is 6.36. The van der Waals surface area contributed by atoms with E-state index in [1.54, 1.807) is 0 Å². The van der Waals surface area contributed by atoms with Gasteiger partial charge in [0.05, 0.1) is 12.2 Å². The van der Waals surface area contributed by atoms with Crippen molar-refractivity contribution in [1.82, 2.24) is 0 Å². The Morgan fingerprint density at radius 1 is 1.00 bits per heavy atom. The molecule has 0 N–H and O–H groups in total. The summed E-state index contributed by atoms with van der Waals surface area (Å²) in [5.74, 6) is 1.86. The van der Waals surface area contributed by atoms with E-state index in [2.05, 4.69) is 7.28 Å². The predicted octanol–water partition coefficient (Wildman–Crippen LogP) is 1.33. The maximum atomic E-state index is 5.82. The second kappa shape index (κ2) is 1.79. The highest BCUT2D eigenvalue weighted by Crippen LogP contribution is 2.50. The molecular formula is C8H12BO. The molecule has 0 aromatic rings. The molecule has 0 aromatic heterocycles. The largest absolute Gasteiger partial charge is 0.374 e. The van der Waals surface area contributed by atoms with Crippen LogP contribution in [0.25, 0.3) is 0 Å². The maximum Gasteiger partial charge on any atom is 0.110 e. The molecule has 53 valence electrons. The van der Waals surface area contributed by atoms with Gasteiger partial charge >= 0.3 is 0 Å². The molecule has 0 amide bonds. The Balaban J connectivity index is 1.92. The Hall–Kier alpha value is 0.0249. The monoisotopic (exact) mass is 135 g/mol. The third kappa shape index (κ3) is 0.542. The fourth-order valence-electron chi connectivity index (χ4n) is 3.00. The van der Waals surface area contributed by atoms with Gasteiger partial charge in [-0.2, -0.15) is 0 Å². The lowest BCUT2D eigenvalue weighted by molar-refractivity contribution is 0.0886. The summed E-state index contributed by atoms with van der Waals surface area (Å²) in [4.78, 5) is 0. The first kappa shape index (κ1) is 5.65. The molecule has 3 aliphatic heterocycles. The highest BCUT2D eigenvalue weighted by Gasteiger charge is 2.50. The van der Waals surface area contributed by atoms with Crippen LogP contribution < -0.4 is 0 Å². The van der Waals surface area contributed by atoms with Crippen LogP contribution in [-0.4, -0.2) is 19.5 Å². The lowest BCUT2D eigenvalue weighted by Gasteiger charge is -2.20. The Kier molecular flexibility index (Phi) is 1.01. The molecule has 2 heteroatoms. The summed E-state index contributed by atoms with van der Waals surface area (Å²) in [5, 5.41) is 0. The van der Waals surface area contributed by atoms with E-state index >= 15 is 0 Å². The molecular weight excluding hydrogens is 123 g/mol. The number of rotatable bonds is 0. The van der Waals surface area contributed by atoms with Crippen LogP contribution in [0.4, 0.5) is 0 Å². The van der Waals surface area contributed by atoms with Crippen molar-refractivity contribution in [3.63, 3.8) is 0 Å². The van der Waals surface area contributed by atoms with Gasteiger partial charge in [-0.1, -0.05) is 12.6 Å².